The molecule has 2 N–H and O–H groups in total. The van der Waals surface area contributed by atoms with E-state index in [1.807, 2.05) is 34.6 Å². The van der Waals surface area contributed by atoms with E-state index in [-0.39, 0.29) is 12.1 Å². The zero-order chi connectivity index (χ0) is 24.1. The van der Waals surface area contributed by atoms with Gasteiger partial charge in [0, 0.05) is 13.1 Å². The number of para-hydroxylation sites is 2. The second-order valence-electron chi connectivity index (χ2n) is 13.0. The van der Waals surface area contributed by atoms with E-state index in [2.05, 4.69) is 34.9 Å². The van der Waals surface area contributed by atoms with Crippen molar-refractivity contribution in [3.63, 3.8) is 0 Å². The molecule has 4 saturated carbocycles. The van der Waals surface area contributed by atoms with Crippen molar-refractivity contribution >= 4 is 17.5 Å². The van der Waals surface area contributed by atoms with Crippen molar-refractivity contribution in [3.8, 4) is 0 Å². The number of nitrogens with one attached hydrogen (secondary N) is 2. The third kappa shape index (κ3) is 4.89. The molecule has 5 fully saturated rings. The van der Waals surface area contributed by atoms with Gasteiger partial charge in [-0.05, 0) is 108 Å². The van der Waals surface area contributed by atoms with Crippen LogP contribution in [-0.4, -0.2) is 48.1 Å². The normalized spacial score (nSPS) is 33.7. The molecule has 1 amide bonds. The SMILES string of the molecule is CC(C)(C)OC(=O)N1[C@H](CNc2ccccc2NCC23CC4CC(CC(C4)C2)C3)COC1(C)C. The largest absolute Gasteiger partial charge is 0.444 e. The topological polar surface area (TPSA) is 62.8 Å². The van der Waals surface area contributed by atoms with Crippen LogP contribution < -0.4 is 10.6 Å². The highest BCUT2D eigenvalue weighted by atomic mass is 16.6. The molecule has 0 aromatic heterocycles. The van der Waals surface area contributed by atoms with Crippen LogP contribution in [0.15, 0.2) is 24.3 Å². The Hall–Kier alpha value is -1.95. The molecule has 1 aromatic rings. The number of hydrogen-bond acceptors (Lipinski definition) is 5. The van der Waals surface area contributed by atoms with Crippen LogP contribution in [0, 0.1) is 23.2 Å². The number of anilines is 2. The number of amides is 1. The lowest BCUT2D eigenvalue weighted by molar-refractivity contribution is -0.0620. The summed E-state index contributed by atoms with van der Waals surface area (Å²) in [5.41, 5.74) is 1.49. The second kappa shape index (κ2) is 8.61. The maximum atomic E-state index is 13.0. The third-order valence-electron chi connectivity index (χ3n) is 8.44. The quantitative estimate of drug-likeness (QED) is 0.527. The van der Waals surface area contributed by atoms with Gasteiger partial charge in [-0.2, -0.15) is 0 Å². The molecule has 0 spiro atoms. The Morgan fingerprint density at radius 2 is 1.59 bits per heavy atom. The van der Waals surface area contributed by atoms with Gasteiger partial charge in [-0.25, -0.2) is 4.79 Å². The third-order valence-corrected chi connectivity index (χ3v) is 8.44. The lowest BCUT2D eigenvalue weighted by Crippen LogP contribution is -2.51. The van der Waals surface area contributed by atoms with Crippen LogP contribution in [0.2, 0.25) is 0 Å². The van der Waals surface area contributed by atoms with Crippen molar-refractivity contribution in [2.24, 2.45) is 23.2 Å². The fraction of sp³-hybridized carbons (Fsp3) is 0.750. The average molecular weight is 470 g/mol. The van der Waals surface area contributed by atoms with Crippen LogP contribution in [0.3, 0.4) is 0 Å². The summed E-state index contributed by atoms with van der Waals surface area (Å²) >= 11 is 0. The van der Waals surface area contributed by atoms with Crippen LogP contribution in [0.25, 0.3) is 0 Å². The van der Waals surface area contributed by atoms with Gasteiger partial charge in [0.05, 0.1) is 24.0 Å². The van der Waals surface area contributed by atoms with Crippen molar-refractivity contribution in [1.82, 2.24) is 4.90 Å². The lowest BCUT2D eigenvalue weighted by Gasteiger charge is -2.57. The average Bonchev–Trinajstić information content (AvgIpc) is 3.03. The first-order valence-corrected chi connectivity index (χ1v) is 13.2. The molecule has 6 rings (SSSR count). The number of benzene rings is 1. The molecular formula is C28H43N3O3. The first-order chi connectivity index (χ1) is 16.0. The molecule has 0 radical (unpaired) electrons. The summed E-state index contributed by atoms with van der Waals surface area (Å²) in [5, 5.41) is 7.44. The first kappa shape index (κ1) is 23.8. The van der Waals surface area contributed by atoms with Gasteiger partial charge in [-0.3, -0.25) is 4.90 Å². The number of hydrogen-bond donors (Lipinski definition) is 2. The number of carbonyl (C=O) groups is 1. The van der Waals surface area contributed by atoms with Crippen molar-refractivity contribution in [1.29, 1.82) is 0 Å². The molecule has 6 nitrogen and oxygen atoms in total. The number of rotatable bonds is 6. The van der Waals surface area contributed by atoms with E-state index in [1.54, 1.807) is 4.90 Å². The molecule has 6 heteroatoms. The Kier molecular flexibility index (Phi) is 6.02. The molecule has 1 aliphatic heterocycles. The molecule has 5 aliphatic rings. The summed E-state index contributed by atoms with van der Waals surface area (Å²) in [4.78, 5) is 14.7. The molecular weight excluding hydrogens is 426 g/mol. The summed E-state index contributed by atoms with van der Waals surface area (Å²) in [6.07, 6.45) is 8.32. The van der Waals surface area contributed by atoms with E-state index in [9.17, 15) is 4.79 Å². The number of ether oxygens (including phenoxy) is 2. The Balaban J connectivity index is 1.23. The highest BCUT2D eigenvalue weighted by molar-refractivity contribution is 5.71. The predicted molar refractivity (Wildman–Crippen MR) is 136 cm³/mol. The van der Waals surface area contributed by atoms with Gasteiger partial charge in [0.1, 0.15) is 11.3 Å². The maximum absolute atomic E-state index is 13.0. The smallest absolute Gasteiger partial charge is 0.412 e. The van der Waals surface area contributed by atoms with Crippen LogP contribution in [0.5, 0.6) is 0 Å². The molecule has 34 heavy (non-hydrogen) atoms. The molecule has 0 unspecified atom stereocenters. The van der Waals surface area contributed by atoms with Gasteiger partial charge in [-0.1, -0.05) is 12.1 Å². The van der Waals surface area contributed by atoms with Crippen LogP contribution in [0.1, 0.15) is 73.1 Å². The number of nitrogens with zero attached hydrogens (tertiary/aromatic N) is 1. The van der Waals surface area contributed by atoms with Gasteiger partial charge >= 0.3 is 6.09 Å². The van der Waals surface area contributed by atoms with Gasteiger partial charge in [0.25, 0.3) is 0 Å². The molecule has 4 aliphatic carbocycles. The minimum atomic E-state index is -0.690. The Labute approximate surface area is 205 Å². The second-order valence-corrected chi connectivity index (χ2v) is 13.0. The summed E-state index contributed by atoms with van der Waals surface area (Å²) < 4.78 is 11.7. The first-order valence-electron chi connectivity index (χ1n) is 13.2. The highest BCUT2D eigenvalue weighted by Crippen LogP contribution is 2.60. The summed E-state index contributed by atoms with van der Waals surface area (Å²) in [5.74, 6) is 2.89. The molecule has 1 heterocycles. The van der Waals surface area contributed by atoms with Crippen molar-refractivity contribution in [2.45, 2.75) is 90.5 Å². The van der Waals surface area contributed by atoms with E-state index in [0.717, 1.165) is 35.7 Å². The van der Waals surface area contributed by atoms with E-state index in [4.69, 9.17) is 9.47 Å². The Morgan fingerprint density at radius 1 is 1.03 bits per heavy atom. The molecule has 188 valence electrons. The van der Waals surface area contributed by atoms with E-state index in [0.29, 0.717) is 18.6 Å². The molecule has 4 bridgehead atoms. The number of carbonyl (C=O) groups excluding carboxylic acids is 1. The van der Waals surface area contributed by atoms with Gasteiger partial charge < -0.3 is 20.1 Å². The van der Waals surface area contributed by atoms with Gasteiger partial charge in [0.2, 0.25) is 0 Å². The van der Waals surface area contributed by atoms with Crippen molar-refractivity contribution < 1.29 is 14.3 Å². The van der Waals surface area contributed by atoms with E-state index < -0.39 is 11.3 Å². The Morgan fingerprint density at radius 3 is 2.15 bits per heavy atom. The minimum Gasteiger partial charge on any atom is -0.444 e. The van der Waals surface area contributed by atoms with Gasteiger partial charge in [-0.15, -0.1) is 0 Å². The standard InChI is InChI=1S/C28H43N3O3/c1-26(2,3)34-25(32)31-22(17-33-27(31,4)5)16-29-23-8-6-7-9-24(23)30-18-28-13-19-10-20(14-28)12-21(11-19)15-28/h6-9,19-22,29-30H,10-18H2,1-5H3/t19?,20?,21?,22-,28?/m1/s1. The predicted octanol–water partition coefficient (Wildman–Crippen LogP) is 6.10. The minimum absolute atomic E-state index is 0.0962. The van der Waals surface area contributed by atoms with Crippen molar-refractivity contribution in [3.05, 3.63) is 24.3 Å². The fourth-order valence-electron chi connectivity index (χ4n) is 7.52. The van der Waals surface area contributed by atoms with Gasteiger partial charge in [0.15, 0.2) is 0 Å². The van der Waals surface area contributed by atoms with E-state index >= 15 is 0 Å². The zero-order valence-electron chi connectivity index (χ0n) is 21.7. The monoisotopic (exact) mass is 469 g/mol. The molecule has 1 saturated heterocycles. The van der Waals surface area contributed by atoms with E-state index in [1.165, 1.54) is 38.5 Å². The summed E-state index contributed by atoms with van der Waals surface area (Å²) in [7, 11) is 0. The zero-order valence-corrected chi connectivity index (χ0v) is 21.7. The molecule has 1 atom stereocenters. The van der Waals surface area contributed by atoms with Crippen LogP contribution >= 0.6 is 0 Å². The van der Waals surface area contributed by atoms with Crippen LogP contribution in [-0.2, 0) is 9.47 Å². The summed E-state index contributed by atoms with van der Waals surface area (Å²) in [6, 6.07) is 8.37. The van der Waals surface area contributed by atoms with Crippen LogP contribution in [0.4, 0.5) is 16.2 Å². The molecule has 1 aromatic carbocycles. The summed E-state index contributed by atoms with van der Waals surface area (Å²) in [6.45, 7) is 11.7. The Bertz CT molecular complexity index is 871. The lowest BCUT2D eigenvalue weighted by atomic mass is 9.49. The maximum Gasteiger partial charge on any atom is 0.412 e. The highest BCUT2D eigenvalue weighted by Gasteiger charge is 2.50. The fourth-order valence-corrected chi connectivity index (χ4v) is 7.52. The van der Waals surface area contributed by atoms with Crippen molar-refractivity contribution in [2.75, 3.05) is 30.3 Å².